The van der Waals surface area contributed by atoms with Gasteiger partial charge in [-0.15, -0.1) is 38.4 Å². The zero-order valence-electron chi connectivity index (χ0n) is 20.1. The molecule has 5 rings (SSSR count). The Kier molecular flexibility index (Phi) is 7.46. The second kappa shape index (κ2) is 10.8. The summed E-state index contributed by atoms with van der Waals surface area (Å²) in [5.74, 6) is -1.32. The number of β-lactam (4-membered cyclic amide) rings is 1. The Hall–Kier alpha value is -3.35. The standard InChI is InChI=1S/C20H22N10O5S3/c1-3-12(15-22-25-26-23-15)30-19(24-27-28-30)38-9-10-8-37-18-20(35-2,17(34)29(18)14(10)16(32)33)21-13(31)7-11-5-4-6-36-11/h4-6,12,18H,3,7-9H2,1-2H3,(H,21,31)(H,32,33)(H,22,23,25,26)/t12?,18-,20-/m0/s1. The first kappa shape index (κ1) is 26.3. The monoisotopic (exact) mass is 578 g/mol. The number of thiophene rings is 1. The molecule has 2 aliphatic rings. The average Bonchev–Trinajstić information content (AvgIpc) is 3.70. The Labute approximate surface area is 227 Å². The van der Waals surface area contributed by atoms with Gasteiger partial charge in [0, 0.05) is 23.5 Å². The van der Waals surface area contributed by atoms with Crippen LogP contribution >= 0.6 is 34.9 Å². The molecule has 0 aliphatic carbocycles. The number of nitrogens with zero attached hydrogens (tertiary/aromatic N) is 8. The van der Waals surface area contributed by atoms with Crippen molar-refractivity contribution < 1.29 is 24.2 Å². The van der Waals surface area contributed by atoms with Gasteiger partial charge in [0.05, 0.1) is 6.42 Å². The lowest BCUT2D eigenvalue weighted by atomic mass is 9.98. The lowest BCUT2D eigenvalue weighted by Gasteiger charge is -2.55. The summed E-state index contributed by atoms with van der Waals surface area (Å²) >= 11 is 3.99. The number of hydrogen-bond acceptors (Lipinski definition) is 13. The quantitative estimate of drug-likeness (QED) is 0.160. The van der Waals surface area contributed by atoms with E-state index < -0.39 is 23.0 Å². The molecule has 3 aromatic rings. The maximum atomic E-state index is 13.3. The van der Waals surface area contributed by atoms with Gasteiger partial charge in [0.2, 0.25) is 11.1 Å². The molecule has 0 radical (unpaired) electrons. The van der Waals surface area contributed by atoms with E-state index in [0.29, 0.717) is 28.7 Å². The number of carbonyl (C=O) groups excluding carboxylic acids is 2. The summed E-state index contributed by atoms with van der Waals surface area (Å²) in [5, 5.41) is 40.2. The van der Waals surface area contributed by atoms with E-state index in [9.17, 15) is 19.5 Å². The topological polar surface area (TPSA) is 194 Å². The van der Waals surface area contributed by atoms with Crippen molar-refractivity contribution in [2.75, 3.05) is 18.6 Å². The lowest BCUT2D eigenvalue weighted by molar-refractivity contribution is -0.192. The Balaban J connectivity index is 1.33. The molecule has 0 aromatic carbocycles. The minimum absolute atomic E-state index is 0.0916. The number of fused-ring (bicyclic) bond motifs is 1. The second-order valence-corrected chi connectivity index (χ2v) is 11.3. The highest BCUT2D eigenvalue weighted by molar-refractivity contribution is 8.01. The van der Waals surface area contributed by atoms with Gasteiger partial charge in [0.1, 0.15) is 17.1 Å². The number of aromatic amines is 1. The Morgan fingerprint density at radius 2 is 2.26 bits per heavy atom. The van der Waals surface area contributed by atoms with Gasteiger partial charge in [-0.1, -0.05) is 30.0 Å². The molecule has 0 spiro atoms. The number of rotatable bonds is 11. The van der Waals surface area contributed by atoms with Crippen molar-refractivity contribution in [3.63, 3.8) is 0 Å². The first-order chi connectivity index (χ1) is 18.4. The van der Waals surface area contributed by atoms with E-state index in [-0.39, 0.29) is 29.8 Å². The summed E-state index contributed by atoms with van der Waals surface area (Å²) in [4.78, 5) is 40.3. The number of methoxy groups -OCH3 is 1. The van der Waals surface area contributed by atoms with Crippen LogP contribution in [0.3, 0.4) is 0 Å². The van der Waals surface area contributed by atoms with Gasteiger partial charge in [-0.2, -0.15) is 5.21 Å². The third kappa shape index (κ3) is 4.56. The predicted octanol–water partition coefficient (Wildman–Crippen LogP) is 0.295. The molecule has 38 heavy (non-hydrogen) atoms. The SMILES string of the molecule is CCC(c1nn[nH]n1)n1nnnc1SCC1=C(C(=O)O)N2C(=O)[C@](NC(=O)Cc3cccs3)(OC)[C@@H]2SC1. The van der Waals surface area contributed by atoms with Crippen molar-refractivity contribution in [1.82, 2.24) is 51.0 Å². The van der Waals surface area contributed by atoms with E-state index in [0.717, 1.165) is 4.88 Å². The van der Waals surface area contributed by atoms with Crippen LogP contribution in [0, 0.1) is 0 Å². The summed E-state index contributed by atoms with van der Waals surface area (Å²) in [7, 11) is 1.32. The summed E-state index contributed by atoms with van der Waals surface area (Å²) in [6.07, 6.45) is 0.687. The van der Waals surface area contributed by atoms with E-state index in [2.05, 4.69) is 41.5 Å². The maximum absolute atomic E-state index is 13.3. The first-order valence-electron chi connectivity index (χ1n) is 11.3. The number of nitrogens with one attached hydrogen (secondary N) is 2. The number of carboxylic acid groups (broad SMARTS) is 1. The number of amides is 2. The normalized spacial score (nSPS) is 21.7. The smallest absolute Gasteiger partial charge is 0.352 e. The predicted molar refractivity (Wildman–Crippen MR) is 135 cm³/mol. The van der Waals surface area contributed by atoms with Crippen LogP contribution in [0.15, 0.2) is 33.9 Å². The number of aromatic nitrogens is 8. The molecule has 3 aromatic heterocycles. The minimum Gasteiger partial charge on any atom is -0.477 e. The molecule has 2 amide bonds. The fraction of sp³-hybridized carbons (Fsp3) is 0.450. The van der Waals surface area contributed by atoms with E-state index >= 15 is 0 Å². The highest BCUT2D eigenvalue weighted by Crippen LogP contribution is 2.47. The number of H-pyrrole nitrogens is 1. The van der Waals surface area contributed by atoms with Crippen LogP contribution in [0.1, 0.15) is 30.1 Å². The Morgan fingerprint density at radius 1 is 1.42 bits per heavy atom. The van der Waals surface area contributed by atoms with Crippen LogP contribution in [-0.4, -0.2) is 98.3 Å². The fourth-order valence-corrected chi connectivity index (χ4v) is 7.48. The van der Waals surface area contributed by atoms with Crippen molar-refractivity contribution >= 4 is 52.6 Å². The number of hydrogen-bond donors (Lipinski definition) is 3. The molecule has 0 bridgehead atoms. The van der Waals surface area contributed by atoms with Crippen LogP contribution in [0.5, 0.6) is 0 Å². The number of tetrazole rings is 2. The average molecular weight is 579 g/mol. The summed E-state index contributed by atoms with van der Waals surface area (Å²) in [6.45, 7) is 1.93. The summed E-state index contributed by atoms with van der Waals surface area (Å²) < 4.78 is 7.07. The maximum Gasteiger partial charge on any atom is 0.352 e. The van der Waals surface area contributed by atoms with Gasteiger partial charge in [-0.05, 0) is 33.9 Å². The zero-order valence-corrected chi connectivity index (χ0v) is 22.5. The van der Waals surface area contributed by atoms with Gasteiger partial charge in [0.15, 0.2) is 5.82 Å². The van der Waals surface area contributed by atoms with E-state index in [4.69, 9.17) is 4.74 Å². The molecular formula is C20H22N10O5S3. The molecule has 200 valence electrons. The molecule has 0 saturated carbocycles. The molecule has 1 fully saturated rings. The molecule has 5 heterocycles. The molecule has 1 saturated heterocycles. The van der Waals surface area contributed by atoms with Crippen LogP contribution in [0.2, 0.25) is 0 Å². The van der Waals surface area contributed by atoms with Gasteiger partial charge in [-0.3, -0.25) is 14.5 Å². The highest BCUT2D eigenvalue weighted by atomic mass is 32.2. The number of aliphatic carboxylic acids is 1. The highest BCUT2D eigenvalue weighted by Gasteiger charge is 2.66. The fourth-order valence-electron chi connectivity index (χ4n) is 4.28. The molecular weight excluding hydrogens is 556 g/mol. The molecule has 15 nitrogen and oxygen atoms in total. The van der Waals surface area contributed by atoms with Crippen molar-refractivity contribution in [3.8, 4) is 0 Å². The Morgan fingerprint density at radius 3 is 2.92 bits per heavy atom. The van der Waals surface area contributed by atoms with Crippen molar-refractivity contribution in [2.24, 2.45) is 0 Å². The second-order valence-electron chi connectivity index (χ2n) is 8.23. The van der Waals surface area contributed by atoms with Crippen molar-refractivity contribution in [2.45, 2.75) is 42.1 Å². The van der Waals surface area contributed by atoms with E-state index in [1.807, 2.05) is 24.4 Å². The number of thioether (sulfide) groups is 2. The van der Waals surface area contributed by atoms with Crippen LogP contribution < -0.4 is 5.32 Å². The first-order valence-corrected chi connectivity index (χ1v) is 14.2. The van der Waals surface area contributed by atoms with E-state index in [1.165, 1.54) is 46.9 Å². The summed E-state index contributed by atoms with van der Waals surface area (Å²) in [6, 6.07) is 3.30. The van der Waals surface area contributed by atoms with E-state index in [1.54, 1.807) is 4.68 Å². The summed E-state index contributed by atoms with van der Waals surface area (Å²) in [5.41, 5.74) is -1.24. The van der Waals surface area contributed by atoms with Crippen LogP contribution in [-0.2, 0) is 25.5 Å². The van der Waals surface area contributed by atoms with Gasteiger partial charge in [0.25, 0.3) is 11.6 Å². The zero-order chi connectivity index (χ0) is 26.9. The number of ether oxygens (including phenoxy) is 1. The molecule has 1 unspecified atom stereocenters. The lowest BCUT2D eigenvalue weighted by Crippen LogP contribution is -2.80. The third-order valence-electron chi connectivity index (χ3n) is 6.05. The number of carbonyl (C=O) groups is 3. The van der Waals surface area contributed by atoms with Gasteiger partial charge in [-0.25, -0.2) is 9.48 Å². The van der Waals surface area contributed by atoms with Crippen molar-refractivity contribution in [3.05, 3.63) is 39.5 Å². The van der Waals surface area contributed by atoms with Gasteiger partial charge < -0.3 is 15.2 Å². The minimum atomic E-state index is -1.64. The number of carboxylic acids is 1. The van der Waals surface area contributed by atoms with Gasteiger partial charge >= 0.3 is 5.97 Å². The third-order valence-corrected chi connectivity index (χ3v) is 9.32. The molecule has 2 aliphatic heterocycles. The van der Waals surface area contributed by atoms with Crippen LogP contribution in [0.4, 0.5) is 0 Å². The van der Waals surface area contributed by atoms with Crippen molar-refractivity contribution in [1.29, 1.82) is 0 Å². The molecule has 3 N–H and O–H groups in total. The largest absolute Gasteiger partial charge is 0.477 e. The molecule has 18 heteroatoms. The Bertz CT molecular complexity index is 1360. The van der Waals surface area contributed by atoms with Crippen LogP contribution in [0.25, 0.3) is 0 Å². The molecule has 3 atom stereocenters.